The number of hydrogen-bond donors (Lipinski definition) is 0. The molecule has 0 atom stereocenters. The Balaban J connectivity index is 1.40. The molecule has 0 saturated heterocycles. The van der Waals surface area contributed by atoms with E-state index < -0.39 is 0 Å². The van der Waals surface area contributed by atoms with Crippen molar-refractivity contribution in [2.45, 2.75) is 45.4 Å². The molecule has 0 bridgehead atoms. The van der Waals surface area contributed by atoms with E-state index in [1.54, 1.807) is 0 Å². The Kier molecular flexibility index (Phi) is 8.43. The lowest BCUT2D eigenvalue weighted by atomic mass is 9.82. The summed E-state index contributed by atoms with van der Waals surface area (Å²) in [6.07, 6.45) is 0. The number of rotatable bonds is 7. The lowest BCUT2D eigenvalue weighted by Gasteiger charge is -2.35. The van der Waals surface area contributed by atoms with Gasteiger partial charge < -0.3 is 9.80 Å². The van der Waals surface area contributed by atoms with Gasteiger partial charge >= 0.3 is 0 Å². The topological polar surface area (TPSA) is 6.48 Å². The van der Waals surface area contributed by atoms with Crippen molar-refractivity contribution < 1.29 is 0 Å². The lowest BCUT2D eigenvalue weighted by Crippen LogP contribution is -2.20. The predicted molar refractivity (Wildman–Crippen MR) is 235 cm³/mol. The highest BCUT2D eigenvalue weighted by atomic mass is 15.2. The third-order valence-electron chi connectivity index (χ3n) is 11.4. The maximum atomic E-state index is 2.50. The second-order valence-corrected chi connectivity index (χ2v) is 16.3. The quantitative estimate of drug-likeness (QED) is 0.162. The summed E-state index contributed by atoms with van der Waals surface area (Å²) < 4.78 is 0. The fourth-order valence-electron chi connectivity index (χ4n) is 8.46. The number of nitrogens with zero attached hydrogens (tertiary/aromatic N) is 2. The van der Waals surface area contributed by atoms with Crippen LogP contribution < -0.4 is 9.80 Å². The van der Waals surface area contributed by atoms with Gasteiger partial charge in [0, 0.05) is 33.7 Å². The van der Waals surface area contributed by atoms with E-state index in [1.165, 1.54) is 44.2 Å². The van der Waals surface area contributed by atoms with Crippen LogP contribution in [0.5, 0.6) is 0 Å². The second kappa shape index (κ2) is 13.5. The van der Waals surface area contributed by atoms with Crippen LogP contribution in [0, 0.1) is 0 Å². The molecule has 55 heavy (non-hydrogen) atoms. The van der Waals surface area contributed by atoms with Gasteiger partial charge in [0.15, 0.2) is 0 Å². The van der Waals surface area contributed by atoms with Crippen molar-refractivity contribution in [3.63, 3.8) is 0 Å². The molecule has 2 nitrogen and oxygen atoms in total. The fraction of sp³-hybridized carbons (Fsp3) is 0.132. The largest absolute Gasteiger partial charge is 0.310 e. The van der Waals surface area contributed by atoms with Gasteiger partial charge in [-0.05, 0) is 116 Å². The third kappa shape index (κ3) is 6.09. The number of hydrogen-bond acceptors (Lipinski definition) is 2. The Bertz CT molecular complexity index is 2610. The van der Waals surface area contributed by atoms with E-state index in [1.807, 2.05) is 0 Å². The van der Waals surface area contributed by atoms with Gasteiger partial charge in [0.1, 0.15) is 0 Å². The second-order valence-electron chi connectivity index (χ2n) is 16.3. The number of benzene rings is 8. The molecule has 9 rings (SSSR count). The molecule has 0 saturated carbocycles. The van der Waals surface area contributed by atoms with Crippen molar-refractivity contribution in [2.75, 3.05) is 9.80 Å². The minimum Gasteiger partial charge on any atom is -0.310 e. The van der Waals surface area contributed by atoms with Crippen LogP contribution >= 0.6 is 0 Å². The normalized spacial score (nSPS) is 13.0. The van der Waals surface area contributed by atoms with Crippen LogP contribution in [0.4, 0.5) is 34.1 Å². The summed E-state index contributed by atoms with van der Waals surface area (Å²) in [6.45, 7) is 11.7. The van der Waals surface area contributed by atoms with Crippen molar-refractivity contribution in [1.29, 1.82) is 0 Å². The number of fused-ring (bicyclic) bond motifs is 4. The van der Waals surface area contributed by atoms with Gasteiger partial charge in [0.05, 0.1) is 11.4 Å². The average Bonchev–Trinajstić information content (AvgIpc) is 3.44. The van der Waals surface area contributed by atoms with Crippen molar-refractivity contribution in [3.05, 3.63) is 205 Å². The van der Waals surface area contributed by atoms with Crippen LogP contribution in [0.15, 0.2) is 188 Å². The molecule has 0 amide bonds. The lowest BCUT2D eigenvalue weighted by molar-refractivity contribution is 0.590. The van der Waals surface area contributed by atoms with Crippen molar-refractivity contribution in [3.8, 4) is 22.3 Å². The Morgan fingerprint density at radius 1 is 0.400 bits per heavy atom. The van der Waals surface area contributed by atoms with Gasteiger partial charge in [-0.25, -0.2) is 0 Å². The molecular weight excluding hydrogens is 665 g/mol. The van der Waals surface area contributed by atoms with Crippen LogP contribution in [-0.2, 0) is 10.8 Å². The highest BCUT2D eigenvalue weighted by Crippen LogP contribution is 2.54. The molecule has 1 aliphatic rings. The monoisotopic (exact) mass is 710 g/mol. The Morgan fingerprint density at radius 3 is 1.47 bits per heavy atom. The molecule has 0 radical (unpaired) electrons. The molecule has 0 aromatic heterocycles. The van der Waals surface area contributed by atoms with Gasteiger partial charge in [0.2, 0.25) is 0 Å². The Morgan fingerprint density at radius 2 is 0.891 bits per heavy atom. The minimum absolute atomic E-state index is 0.138. The molecule has 0 N–H and O–H groups in total. The zero-order chi connectivity index (χ0) is 37.7. The molecule has 8 aromatic rings. The summed E-state index contributed by atoms with van der Waals surface area (Å²) in [5.41, 5.74) is 15.4. The van der Waals surface area contributed by atoms with Gasteiger partial charge in [-0.2, -0.15) is 0 Å². The van der Waals surface area contributed by atoms with Crippen LogP contribution in [0.1, 0.15) is 51.3 Å². The van der Waals surface area contributed by atoms with Gasteiger partial charge in [-0.3, -0.25) is 0 Å². The highest BCUT2D eigenvalue weighted by molar-refractivity contribution is 6.01. The SMILES string of the molecule is CC(C)(C)c1cc(N(c2ccccc2)c2ccccc2)c(-c2ccc3ccccc3c2)c(N(c2ccccc2)c2ccc3c(c2)C(C)(C)c2ccccc2-3)c1. The average molecular weight is 711 g/mol. The van der Waals surface area contributed by atoms with Crippen LogP contribution in [-0.4, -0.2) is 0 Å². The van der Waals surface area contributed by atoms with E-state index in [-0.39, 0.29) is 10.8 Å². The van der Waals surface area contributed by atoms with E-state index in [0.29, 0.717) is 0 Å². The van der Waals surface area contributed by atoms with E-state index >= 15 is 0 Å². The Hall–Kier alpha value is -6.38. The van der Waals surface area contributed by atoms with Gasteiger partial charge in [-0.1, -0.05) is 156 Å². The molecule has 0 unspecified atom stereocenters. The summed E-state index contributed by atoms with van der Waals surface area (Å²) in [4.78, 5) is 4.94. The smallest absolute Gasteiger partial charge is 0.0564 e. The molecular formula is C53H46N2. The summed E-state index contributed by atoms with van der Waals surface area (Å²) in [7, 11) is 0. The number of para-hydroxylation sites is 3. The first kappa shape index (κ1) is 34.4. The molecule has 8 aromatic carbocycles. The minimum atomic E-state index is -0.144. The first-order chi connectivity index (χ1) is 26.7. The molecule has 0 fully saturated rings. The maximum Gasteiger partial charge on any atom is 0.0564 e. The zero-order valence-electron chi connectivity index (χ0n) is 32.3. The first-order valence-electron chi connectivity index (χ1n) is 19.4. The third-order valence-corrected chi connectivity index (χ3v) is 11.4. The molecule has 0 aliphatic heterocycles. The summed E-state index contributed by atoms with van der Waals surface area (Å²) >= 11 is 0. The first-order valence-corrected chi connectivity index (χ1v) is 19.4. The van der Waals surface area contributed by atoms with Crippen LogP contribution in [0.25, 0.3) is 33.0 Å². The van der Waals surface area contributed by atoms with E-state index in [4.69, 9.17) is 0 Å². The highest BCUT2D eigenvalue weighted by Gasteiger charge is 2.36. The maximum absolute atomic E-state index is 2.50. The standard InChI is InChI=1S/C53H46N2/c1-52(2,3)40-34-49(54(41-21-9-6-10-22-41)42-23-11-7-12-24-42)51(39-30-29-37-19-15-16-20-38(37)33-39)50(35-40)55(43-25-13-8-14-26-43)44-31-32-46-45-27-17-18-28-47(45)53(4,5)48(46)36-44/h6-36H,1-5H3. The summed E-state index contributed by atoms with van der Waals surface area (Å²) in [5, 5.41) is 2.44. The van der Waals surface area contributed by atoms with Crippen molar-refractivity contribution in [2.24, 2.45) is 0 Å². The van der Waals surface area contributed by atoms with Gasteiger partial charge in [0.25, 0.3) is 0 Å². The van der Waals surface area contributed by atoms with Crippen molar-refractivity contribution >= 4 is 44.9 Å². The summed E-state index contributed by atoms with van der Waals surface area (Å²) in [6, 6.07) is 69.0. The molecule has 2 heteroatoms. The molecule has 1 aliphatic carbocycles. The fourth-order valence-corrected chi connectivity index (χ4v) is 8.46. The van der Waals surface area contributed by atoms with Crippen LogP contribution in [0.2, 0.25) is 0 Å². The molecule has 0 heterocycles. The van der Waals surface area contributed by atoms with Crippen molar-refractivity contribution in [1.82, 2.24) is 0 Å². The summed E-state index contributed by atoms with van der Waals surface area (Å²) in [5.74, 6) is 0. The Labute approximate surface area is 326 Å². The molecule has 268 valence electrons. The van der Waals surface area contributed by atoms with Gasteiger partial charge in [-0.15, -0.1) is 0 Å². The van der Waals surface area contributed by atoms with E-state index in [2.05, 4.69) is 232 Å². The zero-order valence-corrected chi connectivity index (χ0v) is 32.3. The van der Waals surface area contributed by atoms with Crippen LogP contribution in [0.3, 0.4) is 0 Å². The van der Waals surface area contributed by atoms with E-state index in [9.17, 15) is 0 Å². The molecule has 0 spiro atoms. The van der Waals surface area contributed by atoms with E-state index in [0.717, 1.165) is 39.7 Å². The number of anilines is 6. The predicted octanol–water partition coefficient (Wildman–Crippen LogP) is 15.1.